The molecule has 1 heterocycles. The normalized spacial score (nSPS) is 18.5. The highest BCUT2D eigenvalue weighted by Crippen LogP contribution is 2.18. The number of carboxylic acid groups (broad SMARTS) is 2. The second-order valence-electron chi connectivity index (χ2n) is 7.16. The molecule has 0 atom stereocenters. The van der Waals surface area contributed by atoms with Crippen molar-refractivity contribution in [2.45, 2.75) is 51.0 Å². The predicted octanol–water partition coefficient (Wildman–Crippen LogP) is 3.98. The van der Waals surface area contributed by atoms with Crippen LogP contribution in [0, 0.1) is 5.92 Å². The van der Waals surface area contributed by atoms with Gasteiger partial charge in [-0.1, -0.05) is 43.5 Å². The number of carbonyl (C=O) groups is 2. The van der Waals surface area contributed by atoms with E-state index in [1.54, 1.807) is 0 Å². The van der Waals surface area contributed by atoms with Gasteiger partial charge in [0.25, 0.3) is 5.91 Å². The Balaban J connectivity index is 0.000000596. The molecular formula is C21H30N2O4. The zero-order valence-corrected chi connectivity index (χ0v) is 15.7. The fraction of sp³-hybridized carbons (Fsp3) is 0.524. The maximum Gasteiger partial charge on any atom is 0.503 e. The molecular weight excluding hydrogens is 344 g/mol. The van der Waals surface area contributed by atoms with Gasteiger partial charge in [0.1, 0.15) is 0 Å². The molecule has 0 spiro atoms. The average molecular weight is 374 g/mol. The average Bonchev–Trinajstić information content (AvgIpc) is 2.68. The Morgan fingerprint density at radius 3 is 2.15 bits per heavy atom. The summed E-state index contributed by atoms with van der Waals surface area (Å²) >= 11 is 0. The fourth-order valence-corrected chi connectivity index (χ4v) is 3.55. The van der Waals surface area contributed by atoms with Crippen LogP contribution >= 0.6 is 0 Å². The summed E-state index contributed by atoms with van der Waals surface area (Å²) in [6, 6.07) is 8.36. The van der Waals surface area contributed by atoms with Crippen LogP contribution in [-0.2, 0) is 0 Å². The van der Waals surface area contributed by atoms with Gasteiger partial charge in [-0.15, -0.1) is 0 Å². The molecule has 1 aliphatic heterocycles. The van der Waals surface area contributed by atoms with Gasteiger partial charge in [-0.05, 0) is 62.4 Å². The van der Waals surface area contributed by atoms with E-state index in [0.29, 0.717) is 12.0 Å². The van der Waals surface area contributed by atoms with Gasteiger partial charge in [-0.2, -0.15) is 0 Å². The predicted molar refractivity (Wildman–Crippen MR) is 106 cm³/mol. The summed E-state index contributed by atoms with van der Waals surface area (Å²) in [4.78, 5) is 20.8. The third kappa shape index (κ3) is 8.26. The van der Waals surface area contributed by atoms with Crippen molar-refractivity contribution in [1.82, 2.24) is 10.6 Å². The quantitative estimate of drug-likeness (QED) is 0.639. The van der Waals surface area contributed by atoms with Gasteiger partial charge in [0.2, 0.25) is 0 Å². The molecule has 4 N–H and O–H groups in total. The van der Waals surface area contributed by atoms with Crippen molar-refractivity contribution in [2.75, 3.05) is 13.1 Å². The van der Waals surface area contributed by atoms with Gasteiger partial charge in [0.05, 0.1) is 0 Å². The van der Waals surface area contributed by atoms with Crippen LogP contribution in [0.15, 0.2) is 30.3 Å². The lowest BCUT2D eigenvalue weighted by atomic mass is 9.95. The molecule has 148 valence electrons. The number of carbonyl (C=O) groups excluding carboxylic acids is 1. The molecule has 0 unspecified atom stereocenters. The van der Waals surface area contributed by atoms with E-state index in [0.717, 1.165) is 31.5 Å². The molecule has 6 nitrogen and oxygen atoms in total. The molecule has 1 aromatic rings. The zero-order chi connectivity index (χ0) is 19.5. The van der Waals surface area contributed by atoms with Crippen molar-refractivity contribution in [1.29, 1.82) is 0 Å². The minimum absolute atomic E-state index is 0.0748. The van der Waals surface area contributed by atoms with Crippen LogP contribution in [-0.4, -0.2) is 41.4 Å². The molecule has 1 aromatic carbocycles. The van der Waals surface area contributed by atoms with E-state index in [1.165, 1.54) is 37.7 Å². The van der Waals surface area contributed by atoms with E-state index in [-0.39, 0.29) is 5.91 Å². The SMILES string of the molecule is O=C(NC1CCCCC1)c1ccc(/C=C/C2CCNCC2)cc1.O=C(O)O. The molecule has 27 heavy (non-hydrogen) atoms. The molecule has 2 fully saturated rings. The lowest BCUT2D eigenvalue weighted by Gasteiger charge is -2.22. The van der Waals surface area contributed by atoms with Crippen molar-refractivity contribution in [3.05, 3.63) is 41.5 Å². The molecule has 0 radical (unpaired) electrons. The topological polar surface area (TPSA) is 98.7 Å². The molecule has 1 saturated heterocycles. The summed E-state index contributed by atoms with van der Waals surface area (Å²) in [5, 5.41) is 20.5. The van der Waals surface area contributed by atoms with Gasteiger partial charge in [-0.3, -0.25) is 4.79 Å². The number of nitrogens with one attached hydrogen (secondary N) is 2. The Morgan fingerprint density at radius 2 is 1.56 bits per heavy atom. The first-order chi connectivity index (χ1) is 13.0. The number of amides is 1. The fourth-order valence-electron chi connectivity index (χ4n) is 3.55. The molecule has 1 amide bonds. The van der Waals surface area contributed by atoms with Crippen LogP contribution in [0.25, 0.3) is 6.08 Å². The second-order valence-corrected chi connectivity index (χ2v) is 7.16. The maximum atomic E-state index is 12.3. The van der Waals surface area contributed by atoms with E-state index < -0.39 is 6.16 Å². The first kappa shape index (κ1) is 21.0. The van der Waals surface area contributed by atoms with Gasteiger partial charge >= 0.3 is 6.16 Å². The van der Waals surface area contributed by atoms with Gasteiger partial charge in [0, 0.05) is 11.6 Å². The van der Waals surface area contributed by atoms with Crippen molar-refractivity contribution < 1.29 is 19.8 Å². The molecule has 0 aromatic heterocycles. The summed E-state index contributed by atoms with van der Waals surface area (Å²) in [6.07, 6.45) is 11.2. The lowest BCUT2D eigenvalue weighted by molar-refractivity contribution is 0.0927. The van der Waals surface area contributed by atoms with Crippen molar-refractivity contribution >= 4 is 18.1 Å². The molecule has 0 bridgehead atoms. The highest BCUT2D eigenvalue weighted by molar-refractivity contribution is 5.94. The minimum Gasteiger partial charge on any atom is -0.450 e. The summed E-state index contributed by atoms with van der Waals surface area (Å²) in [7, 11) is 0. The summed E-state index contributed by atoms with van der Waals surface area (Å²) in [6.45, 7) is 2.24. The van der Waals surface area contributed by atoms with Crippen LogP contribution in [0.5, 0.6) is 0 Å². The van der Waals surface area contributed by atoms with Gasteiger partial charge < -0.3 is 20.8 Å². The molecule has 6 heteroatoms. The Labute approximate surface area is 160 Å². The van der Waals surface area contributed by atoms with E-state index in [4.69, 9.17) is 15.0 Å². The van der Waals surface area contributed by atoms with Gasteiger partial charge in [-0.25, -0.2) is 4.79 Å². The standard InChI is InChI=1S/C20H28N2O.CH2O3/c23-20(22-19-4-2-1-3-5-19)18-10-8-16(9-11-18)6-7-17-12-14-21-15-13-17;2-1(3)4/h6-11,17,19,21H,1-5,12-15H2,(H,22,23);(H2,2,3,4)/b7-6+;. The minimum atomic E-state index is -1.83. The monoisotopic (exact) mass is 374 g/mol. The molecule has 2 aliphatic rings. The maximum absolute atomic E-state index is 12.3. The number of hydrogen-bond acceptors (Lipinski definition) is 3. The smallest absolute Gasteiger partial charge is 0.450 e. The summed E-state index contributed by atoms with van der Waals surface area (Å²) < 4.78 is 0. The van der Waals surface area contributed by atoms with Crippen molar-refractivity contribution in [3.8, 4) is 0 Å². The second kappa shape index (κ2) is 11.4. The highest BCUT2D eigenvalue weighted by atomic mass is 16.6. The first-order valence-electron chi connectivity index (χ1n) is 9.76. The number of piperidine rings is 1. The van der Waals surface area contributed by atoms with Crippen LogP contribution in [0.4, 0.5) is 4.79 Å². The summed E-state index contributed by atoms with van der Waals surface area (Å²) in [5.74, 6) is 0.760. The number of rotatable bonds is 4. The van der Waals surface area contributed by atoms with E-state index in [9.17, 15) is 4.79 Å². The van der Waals surface area contributed by atoms with Crippen LogP contribution in [0.1, 0.15) is 60.9 Å². The van der Waals surface area contributed by atoms with Crippen molar-refractivity contribution in [3.63, 3.8) is 0 Å². The number of hydrogen-bond donors (Lipinski definition) is 4. The van der Waals surface area contributed by atoms with E-state index in [2.05, 4.69) is 22.8 Å². The van der Waals surface area contributed by atoms with Crippen LogP contribution in [0.2, 0.25) is 0 Å². The Morgan fingerprint density at radius 1 is 0.963 bits per heavy atom. The lowest BCUT2D eigenvalue weighted by Crippen LogP contribution is -2.36. The first-order valence-corrected chi connectivity index (χ1v) is 9.76. The molecule has 1 saturated carbocycles. The van der Waals surface area contributed by atoms with Gasteiger partial charge in [0.15, 0.2) is 0 Å². The Kier molecular flexibility index (Phi) is 8.84. The largest absolute Gasteiger partial charge is 0.503 e. The number of allylic oxidation sites excluding steroid dienone is 1. The van der Waals surface area contributed by atoms with Crippen molar-refractivity contribution in [2.24, 2.45) is 5.92 Å². The number of benzene rings is 1. The highest BCUT2D eigenvalue weighted by Gasteiger charge is 2.16. The molecule has 1 aliphatic carbocycles. The van der Waals surface area contributed by atoms with E-state index >= 15 is 0 Å². The Hall–Kier alpha value is -2.34. The third-order valence-electron chi connectivity index (χ3n) is 5.06. The van der Waals surface area contributed by atoms with Crippen LogP contribution in [0.3, 0.4) is 0 Å². The van der Waals surface area contributed by atoms with Crippen LogP contribution < -0.4 is 10.6 Å². The Bertz CT molecular complexity index is 612. The molecule has 3 rings (SSSR count). The zero-order valence-electron chi connectivity index (χ0n) is 15.7. The third-order valence-corrected chi connectivity index (χ3v) is 5.06. The summed E-state index contributed by atoms with van der Waals surface area (Å²) in [5.41, 5.74) is 1.95. The van der Waals surface area contributed by atoms with E-state index in [1.807, 2.05) is 24.3 Å².